The Bertz CT molecular complexity index is 474. The summed E-state index contributed by atoms with van der Waals surface area (Å²) >= 11 is 1.18. The van der Waals surface area contributed by atoms with Crippen LogP contribution in [0.4, 0.5) is 4.79 Å². The molecule has 2 rings (SSSR count). The van der Waals surface area contributed by atoms with Crippen molar-refractivity contribution in [2.45, 2.75) is 6.54 Å². The number of halogens is 2. The largest absolute Gasteiger partial charge is 0.364 e. The number of carbonyl (C=O) groups excluding carboxylic acids is 2. The van der Waals surface area contributed by atoms with Crippen molar-refractivity contribution in [1.29, 1.82) is 0 Å². The van der Waals surface area contributed by atoms with Crippen LogP contribution in [0.3, 0.4) is 0 Å². The summed E-state index contributed by atoms with van der Waals surface area (Å²) in [7, 11) is 0. The molecule has 0 unspecified atom stereocenters. The Morgan fingerprint density at radius 3 is 2.53 bits per heavy atom. The van der Waals surface area contributed by atoms with Crippen LogP contribution in [0, 0.1) is 0 Å². The van der Waals surface area contributed by atoms with E-state index in [2.05, 4.69) is 4.98 Å². The number of nitrogens with two attached hydrogens (primary N) is 2. The van der Waals surface area contributed by atoms with E-state index in [-0.39, 0.29) is 29.8 Å². The third-order valence-corrected chi connectivity index (χ3v) is 3.02. The summed E-state index contributed by atoms with van der Waals surface area (Å²) in [5.41, 5.74) is 10.9. The van der Waals surface area contributed by atoms with Crippen LogP contribution in [0.5, 0.6) is 0 Å². The number of primary amides is 2. The molecule has 4 N–H and O–H groups in total. The van der Waals surface area contributed by atoms with Crippen molar-refractivity contribution in [3.8, 4) is 0 Å². The van der Waals surface area contributed by atoms with Crippen molar-refractivity contribution in [2.75, 3.05) is 0 Å². The third kappa shape index (κ3) is 3.09. The molecule has 3 amide bonds. The van der Waals surface area contributed by atoms with Crippen LogP contribution in [0.1, 0.15) is 20.4 Å². The Morgan fingerprint density at radius 2 is 2.00 bits per heavy atom. The highest BCUT2D eigenvalue weighted by molar-refractivity contribution is 7.13. The molecule has 0 saturated heterocycles. The minimum Gasteiger partial charge on any atom is -0.364 e. The number of aromatic nitrogens is 1. The maximum absolute atomic E-state index is 10.9. The molecule has 0 radical (unpaired) electrons. The van der Waals surface area contributed by atoms with Crippen LogP contribution in [0.2, 0.25) is 0 Å². The van der Waals surface area contributed by atoms with Gasteiger partial charge in [0.25, 0.3) is 5.91 Å². The highest BCUT2D eigenvalue weighted by atomic mass is 35.5. The first-order valence-electron chi connectivity index (χ1n) is 4.11. The van der Waals surface area contributed by atoms with Crippen LogP contribution < -0.4 is 11.5 Å². The van der Waals surface area contributed by atoms with E-state index in [9.17, 15) is 9.59 Å². The Labute approximate surface area is 113 Å². The van der Waals surface area contributed by atoms with Gasteiger partial charge in [-0.05, 0) is 6.08 Å². The lowest BCUT2D eigenvalue weighted by atomic mass is 10.3. The van der Waals surface area contributed by atoms with Gasteiger partial charge in [0.05, 0.1) is 17.1 Å². The van der Waals surface area contributed by atoms with Gasteiger partial charge in [-0.15, -0.1) is 36.2 Å². The Kier molecular flexibility index (Phi) is 5.40. The van der Waals surface area contributed by atoms with Crippen LogP contribution >= 0.6 is 36.2 Å². The molecule has 0 aromatic carbocycles. The van der Waals surface area contributed by atoms with Crippen LogP contribution in [-0.4, -0.2) is 21.8 Å². The molecule has 1 aromatic heterocycles. The highest BCUT2D eigenvalue weighted by Gasteiger charge is 2.19. The van der Waals surface area contributed by atoms with E-state index < -0.39 is 11.9 Å². The van der Waals surface area contributed by atoms with Gasteiger partial charge in [-0.25, -0.2) is 9.78 Å². The number of rotatable bonds is 1. The van der Waals surface area contributed by atoms with Gasteiger partial charge in [-0.1, -0.05) is 0 Å². The predicted octanol–water partition coefficient (Wildman–Crippen LogP) is 0.951. The lowest BCUT2D eigenvalue weighted by Gasteiger charge is -2.17. The molecule has 9 heteroatoms. The number of carbonyl (C=O) groups is 2. The average Bonchev–Trinajstić information content (AvgIpc) is 2.59. The zero-order chi connectivity index (χ0) is 11.0. The SMILES string of the molecule is Cl.Cl.NC(=O)c1nc2c(s1)CN(C(N)=O)C=C2. The first-order valence-corrected chi connectivity index (χ1v) is 4.93. The van der Waals surface area contributed by atoms with Gasteiger partial charge in [0.15, 0.2) is 5.01 Å². The minimum absolute atomic E-state index is 0. The fourth-order valence-electron chi connectivity index (χ4n) is 1.23. The van der Waals surface area contributed by atoms with Crippen molar-refractivity contribution in [3.05, 3.63) is 21.8 Å². The molecule has 6 nitrogen and oxygen atoms in total. The third-order valence-electron chi connectivity index (χ3n) is 1.95. The first kappa shape index (κ1) is 15.7. The second-order valence-electron chi connectivity index (χ2n) is 2.97. The fraction of sp³-hybridized carbons (Fsp3) is 0.125. The van der Waals surface area contributed by atoms with Crippen LogP contribution in [0.15, 0.2) is 6.20 Å². The van der Waals surface area contributed by atoms with E-state index in [4.69, 9.17) is 11.5 Å². The summed E-state index contributed by atoms with van der Waals surface area (Å²) in [6.45, 7) is 0.339. The van der Waals surface area contributed by atoms with Gasteiger partial charge >= 0.3 is 6.03 Å². The molecule has 94 valence electrons. The van der Waals surface area contributed by atoms with Crippen molar-refractivity contribution in [2.24, 2.45) is 11.5 Å². The van der Waals surface area contributed by atoms with Crippen LogP contribution in [-0.2, 0) is 6.54 Å². The molecular weight excluding hydrogens is 287 g/mol. The molecule has 0 atom stereocenters. The Morgan fingerprint density at radius 1 is 1.35 bits per heavy atom. The number of thiazole rings is 1. The molecule has 0 spiro atoms. The Hall–Kier alpha value is -1.31. The lowest BCUT2D eigenvalue weighted by Crippen LogP contribution is -2.31. The topological polar surface area (TPSA) is 102 Å². The summed E-state index contributed by atoms with van der Waals surface area (Å²) in [5.74, 6) is -0.562. The summed E-state index contributed by atoms with van der Waals surface area (Å²) in [6, 6.07) is -0.536. The summed E-state index contributed by atoms with van der Waals surface area (Å²) < 4.78 is 0. The van der Waals surface area contributed by atoms with Gasteiger partial charge in [0.2, 0.25) is 0 Å². The molecule has 1 aromatic rings. The second-order valence-corrected chi connectivity index (χ2v) is 4.06. The van der Waals surface area contributed by atoms with Crippen molar-refractivity contribution < 1.29 is 9.59 Å². The van der Waals surface area contributed by atoms with E-state index in [0.29, 0.717) is 12.2 Å². The number of hydrogen-bond donors (Lipinski definition) is 2. The lowest BCUT2D eigenvalue weighted by molar-refractivity contribution is 0.1000. The van der Waals surface area contributed by atoms with Gasteiger partial charge in [-0.2, -0.15) is 0 Å². The standard InChI is InChI=1S/C8H8N4O2S.2ClH/c9-6(13)7-11-4-1-2-12(8(10)14)3-5(4)15-7;;/h1-2H,3H2,(H2,9,13)(H2,10,14);2*1H. The number of hydrogen-bond acceptors (Lipinski definition) is 4. The van der Waals surface area contributed by atoms with Gasteiger partial charge in [0, 0.05) is 6.20 Å². The van der Waals surface area contributed by atoms with E-state index in [1.165, 1.54) is 22.4 Å². The number of fused-ring (bicyclic) bond motifs is 1. The van der Waals surface area contributed by atoms with E-state index in [1.807, 2.05) is 0 Å². The van der Waals surface area contributed by atoms with Gasteiger partial charge < -0.3 is 11.5 Å². The second kappa shape index (κ2) is 5.85. The van der Waals surface area contributed by atoms with E-state index in [0.717, 1.165) is 4.88 Å². The van der Waals surface area contributed by atoms with Gasteiger partial charge in [0.1, 0.15) is 0 Å². The molecule has 2 heterocycles. The first-order chi connectivity index (χ1) is 7.08. The quantitative estimate of drug-likeness (QED) is 0.806. The smallest absolute Gasteiger partial charge is 0.319 e. The molecule has 17 heavy (non-hydrogen) atoms. The molecule has 0 fully saturated rings. The molecule has 0 saturated carbocycles. The van der Waals surface area contributed by atoms with E-state index in [1.54, 1.807) is 6.08 Å². The normalized spacial score (nSPS) is 12.1. The van der Waals surface area contributed by atoms with Gasteiger partial charge in [-0.3, -0.25) is 9.69 Å². The van der Waals surface area contributed by atoms with Crippen LogP contribution in [0.25, 0.3) is 6.08 Å². The molecule has 1 aliphatic rings. The fourth-order valence-corrected chi connectivity index (χ4v) is 2.13. The Balaban J connectivity index is 0.00000128. The molecule has 0 aliphatic carbocycles. The summed E-state index contributed by atoms with van der Waals surface area (Å²) in [5, 5.41) is 0.246. The maximum atomic E-state index is 10.9. The highest BCUT2D eigenvalue weighted by Crippen LogP contribution is 2.25. The maximum Gasteiger partial charge on any atom is 0.319 e. The number of nitrogens with zero attached hydrogens (tertiary/aromatic N) is 2. The summed E-state index contributed by atoms with van der Waals surface area (Å²) in [6.07, 6.45) is 3.17. The minimum atomic E-state index is -0.562. The molecule has 0 bridgehead atoms. The van der Waals surface area contributed by atoms with Crippen molar-refractivity contribution in [3.63, 3.8) is 0 Å². The number of urea groups is 1. The zero-order valence-corrected chi connectivity index (χ0v) is 10.9. The zero-order valence-electron chi connectivity index (χ0n) is 8.45. The predicted molar refractivity (Wildman–Crippen MR) is 69.3 cm³/mol. The average molecular weight is 297 g/mol. The van der Waals surface area contributed by atoms with Crippen molar-refractivity contribution in [1.82, 2.24) is 9.88 Å². The molecular formula is C8H10Cl2N4O2S. The summed E-state index contributed by atoms with van der Waals surface area (Å²) in [4.78, 5) is 27.9. The monoisotopic (exact) mass is 296 g/mol. The number of amides is 3. The molecule has 1 aliphatic heterocycles. The van der Waals surface area contributed by atoms with Crippen molar-refractivity contribution >= 4 is 54.2 Å². The van der Waals surface area contributed by atoms with E-state index >= 15 is 0 Å².